The van der Waals surface area contributed by atoms with Crippen molar-refractivity contribution in [3.63, 3.8) is 0 Å². The van der Waals surface area contributed by atoms with Gasteiger partial charge in [-0.2, -0.15) is 0 Å². The topological polar surface area (TPSA) is 87.7 Å². The lowest BCUT2D eigenvalue weighted by atomic mass is 10.00. The number of anilines is 2. The van der Waals surface area contributed by atoms with Crippen molar-refractivity contribution in [1.82, 2.24) is 4.90 Å². The third kappa shape index (κ3) is 6.08. The monoisotopic (exact) mass is 543 g/mol. The van der Waals surface area contributed by atoms with Crippen LogP contribution < -0.4 is 10.6 Å². The summed E-state index contributed by atoms with van der Waals surface area (Å²) in [5, 5.41) is 6.13. The molecule has 4 aromatic rings. The van der Waals surface area contributed by atoms with Crippen molar-refractivity contribution in [2.75, 3.05) is 10.6 Å². The van der Waals surface area contributed by atoms with Gasteiger partial charge < -0.3 is 15.4 Å². The van der Waals surface area contributed by atoms with Crippen LogP contribution in [0.3, 0.4) is 0 Å². The van der Waals surface area contributed by atoms with Gasteiger partial charge in [0, 0.05) is 22.0 Å². The Morgan fingerprint density at radius 2 is 1.56 bits per heavy atom. The lowest BCUT2D eigenvalue weighted by Crippen LogP contribution is -2.43. The number of hydrogen-bond acceptors (Lipinski definition) is 4. The molecule has 1 aliphatic rings. The molecule has 0 saturated carbocycles. The van der Waals surface area contributed by atoms with Crippen molar-refractivity contribution < 1.29 is 23.5 Å². The third-order valence-corrected chi connectivity index (χ3v) is 6.45. The molecule has 0 bridgehead atoms. The van der Waals surface area contributed by atoms with E-state index in [0.717, 1.165) is 5.56 Å². The van der Waals surface area contributed by atoms with E-state index in [1.165, 1.54) is 29.2 Å². The number of hydrogen-bond donors (Lipinski definition) is 2. The summed E-state index contributed by atoms with van der Waals surface area (Å²) >= 11 is 6.14. The molecule has 0 spiro atoms. The molecule has 0 aromatic heterocycles. The van der Waals surface area contributed by atoms with E-state index in [1.807, 2.05) is 12.1 Å². The number of cyclic esters (lactones) is 1. The third-order valence-electron chi connectivity index (χ3n) is 6.22. The summed E-state index contributed by atoms with van der Waals surface area (Å²) < 4.78 is 19.0. The highest BCUT2D eigenvalue weighted by atomic mass is 35.5. The van der Waals surface area contributed by atoms with Crippen LogP contribution in [0.1, 0.15) is 27.6 Å². The Morgan fingerprint density at radius 3 is 2.31 bits per heavy atom. The van der Waals surface area contributed by atoms with Gasteiger partial charge in [-0.15, -0.1) is 0 Å². The molecule has 4 aromatic carbocycles. The van der Waals surface area contributed by atoms with Crippen LogP contribution in [0.2, 0.25) is 5.02 Å². The SMILES string of the molecule is O=C(Nc1cccc([C@H]2OC(=O)N(Cc3cccc(Cl)c3)[C@H]2C(=O)Nc2ccccc2)c1)c1ccc(F)cc1. The second kappa shape index (κ2) is 11.4. The van der Waals surface area contributed by atoms with Gasteiger partial charge in [0.15, 0.2) is 12.1 Å². The van der Waals surface area contributed by atoms with E-state index >= 15 is 0 Å². The van der Waals surface area contributed by atoms with Gasteiger partial charge in [0.05, 0.1) is 6.54 Å². The number of carbonyl (C=O) groups excluding carboxylic acids is 3. The normalized spacial score (nSPS) is 16.5. The van der Waals surface area contributed by atoms with Gasteiger partial charge in [-0.05, 0) is 71.8 Å². The Balaban J connectivity index is 1.43. The molecule has 39 heavy (non-hydrogen) atoms. The molecule has 2 N–H and O–H groups in total. The zero-order valence-electron chi connectivity index (χ0n) is 20.5. The fourth-order valence-electron chi connectivity index (χ4n) is 4.38. The van der Waals surface area contributed by atoms with Crippen molar-refractivity contribution in [2.45, 2.75) is 18.7 Å². The molecule has 0 aliphatic carbocycles. The Hall–Kier alpha value is -4.69. The first-order chi connectivity index (χ1) is 18.9. The van der Waals surface area contributed by atoms with E-state index < -0.39 is 35.9 Å². The maximum atomic E-state index is 13.6. The molecular formula is C30H23ClFN3O4. The predicted molar refractivity (Wildman–Crippen MR) is 146 cm³/mol. The number of nitrogens with one attached hydrogen (secondary N) is 2. The summed E-state index contributed by atoms with van der Waals surface area (Å²) in [4.78, 5) is 40.7. The fourth-order valence-corrected chi connectivity index (χ4v) is 4.59. The summed E-state index contributed by atoms with van der Waals surface area (Å²) in [5.74, 6) is -1.31. The highest BCUT2D eigenvalue weighted by Gasteiger charge is 2.47. The van der Waals surface area contributed by atoms with Crippen LogP contribution in [0.5, 0.6) is 0 Å². The smallest absolute Gasteiger partial charge is 0.411 e. The first kappa shape index (κ1) is 25.9. The Labute approximate surface area is 229 Å². The maximum Gasteiger partial charge on any atom is 0.411 e. The van der Waals surface area contributed by atoms with Crippen LogP contribution >= 0.6 is 11.6 Å². The van der Waals surface area contributed by atoms with Crippen LogP contribution in [-0.4, -0.2) is 28.8 Å². The summed E-state index contributed by atoms with van der Waals surface area (Å²) in [6, 6.07) is 26.8. The van der Waals surface area contributed by atoms with E-state index in [1.54, 1.807) is 66.7 Å². The molecule has 196 valence electrons. The van der Waals surface area contributed by atoms with E-state index in [4.69, 9.17) is 16.3 Å². The van der Waals surface area contributed by atoms with Crippen LogP contribution in [0.15, 0.2) is 103 Å². The van der Waals surface area contributed by atoms with Gasteiger partial charge in [-0.25, -0.2) is 9.18 Å². The van der Waals surface area contributed by atoms with E-state index in [9.17, 15) is 18.8 Å². The first-order valence-electron chi connectivity index (χ1n) is 12.1. The minimum absolute atomic E-state index is 0.101. The zero-order chi connectivity index (χ0) is 27.4. The average Bonchev–Trinajstić information content (AvgIpc) is 3.25. The van der Waals surface area contributed by atoms with Crippen molar-refractivity contribution in [1.29, 1.82) is 0 Å². The quantitative estimate of drug-likeness (QED) is 0.281. The van der Waals surface area contributed by atoms with Crippen molar-refractivity contribution in [3.05, 3.63) is 131 Å². The second-order valence-electron chi connectivity index (χ2n) is 8.95. The number of amides is 3. The number of rotatable bonds is 7. The summed E-state index contributed by atoms with van der Waals surface area (Å²) in [7, 11) is 0. The number of halogens is 2. The molecule has 1 fully saturated rings. The number of benzene rings is 4. The van der Waals surface area contributed by atoms with Gasteiger partial charge in [0.1, 0.15) is 5.82 Å². The van der Waals surface area contributed by atoms with Crippen molar-refractivity contribution >= 4 is 40.9 Å². The summed E-state index contributed by atoms with van der Waals surface area (Å²) in [6.45, 7) is 0.101. The van der Waals surface area contributed by atoms with Crippen molar-refractivity contribution in [3.8, 4) is 0 Å². The molecular weight excluding hydrogens is 521 g/mol. The molecule has 1 heterocycles. The van der Waals surface area contributed by atoms with E-state index in [0.29, 0.717) is 22.0 Å². The predicted octanol–water partition coefficient (Wildman–Crippen LogP) is 6.43. The molecule has 3 amide bonds. The lowest BCUT2D eigenvalue weighted by Gasteiger charge is -2.24. The van der Waals surface area contributed by atoms with Crippen LogP contribution in [-0.2, 0) is 16.1 Å². The van der Waals surface area contributed by atoms with Crippen LogP contribution in [0.25, 0.3) is 0 Å². The number of carbonyl (C=O) groups is 3. The molecule has 2 atom stereocenters. The Morgan fingerprint density at radius 1 is 0.846 bits per heavy atom. The van der Waals surface area contributed by atoms with E-state index in [-0.39, 0.29) is 12.1 Å². The largest absolute Gasteiger partial charge is 0.438 e. The maximum absolute atomic E-state index is 13.6. The minimum Gasteiger partial charge on any atom is -0.438 e. The first-order valence-corrected chi connectivity index (χ1v) is 12.5. The highest BCUT2D eigenvalue weighted by Crippen LogP contribution is 2.36. The molecule has 0 unspecified atom stereocenters. The lowest BCUT2D eigenvalue weighted by molar-refractivity contribution is -0.121. The molecule has 9 heteroatoms. The number of nitrogens with zero attached hydrogens (tertiary/aromatic N) is 1. The molecule has 7 nitrogen and oxygen atoms in total. The molecule has 1 aliphatic heterocycles. The second-order valence-corrected chi connectivity index (χ2v) is 9.39. The van der Waals surface area contributed by atoms with Crippen LogP contribution in [0, 0.1) is 5.82 Å². The van der Waals surface area contributed by atoms with Crippen LogP contribution in [0.4, 0.5) is 20.6 Å². The molecule has 5 rings (SSSR count). The van der Waals surface area contributed by atoms with Crippen molar-refractivity contribution in [2.24, 2.45) is 0 Å². The van der Waals surface area contributed by atoms with Gasteiger partial charge in [-0.3, -0.25) is 14.5 Å². The average molecular weight is 544 g/mol. The van der Waals surface area contributed by atoms with Gasteiger partial charge in [-0.1, -0.05) is 54.1 Å². The molecule has 1 saturated heterocycles. The summed E-state index contributed by atoms with van der Waals surface area (Å²) in [6.07, 6.45) is -1.61. The number of para-hydroxylation sites is 1. The zero-order valence-corrected chi connectivity index (χ0v) is 21.3. The van der Waals surface area contributed by atoms with Gasteiger partial charge in [0.2, 0.25) is 0 Å². The van der Waals surface area contributed by atoms with Gasteiger partial charge in [0.25, 0.3) is 11.8 Å². The standard InChI is InChI=1S/C30H23ClFN3O4/c31-22-8-4-6-19(16-22)18-35-26(29(37)33-24-9-2-1-3-10-24)27(39-30(35)38)21-7-5-11-25(17-21)34-28(36)20-12-14-23(32)15-13-20/h1-17,26-27H,18H2,(H,33,37)(H,34,36)/t26-,27-/m1/s1. The van der Waals surface area contributed by atoms with E-state index in [2.05, 4.69) is 10.6 Å². The fraction of sp³-hybridized carbons (Fsp3) is 0.100. The van der Waals surface area contributed by atoms with Gasteiger partial charge >= 0.3 is 6.09 Å². The Bertz CT molecular complexity index is 1510. The highest BCUT2D eigenvalue weighted by molar-refractivity contribution is 6.30. The molecule has 0 radical (unpaired) electrons. The number of ether oxygens (including phenoxy) is 1. The Kier molecular flexibility index (Phi) is 7.56. The minimum atomic E-state index is -1.01. The summed E-state index contributed by atoms with van der Waals surface area (Å²) in [5.41, 5.74) is 2.53.